The summed E-state index contributed by atoms with van der Waals surface area (Å²) < 4.78 is 0. The number of halogens is 1. The molecular weight excluding hydrogens is 448 g/mol. The van der Waals surface area contributed by atoms with Crippen molar-refractivity contribution in [2.45, 2.75) is 77.7 Å². The normalized spacial score (nSPS) is 20.6. The van der Waals surface area contributed by atoms with Crippen LogP contribution in [0.2, 0.25) is 0 Å². The fraction of sp³-hybridized carbons (Fsp3) is 0.704. The molecule has 0 spiro atoms. The molecule has 3 aliphatic rings. The zero-order valence-corrected chi connectivity index (χ0v) is 21.8. The Balaban J connectivity index is 1.54. The number of unbranched alkanes of at least 4 members (excludes halogenated alkanes) is 2. The van der Waals surface area contributed by atoms with Crippen molar-refractivity contribution in [3.63, 3.8) is 0 Å². The highest BCUT2D eigenvalue weighted by Gasteiger charge is 2.30. The number of likely N-dealkylation sites (tertiary alicyclic amines) is 1. The molecule has 3 rings (SSSR count). The van der Waals surface area contributed by atoms with E-state index in [9.17, 15) is 9.59 Å². The maximum Gasteiger partial charge on any atom is 0.318 e. The molecule has 2 N–H and O–H groups in total. The number of nitrogens with one attached hydrogen (secondary N) is 2. The molecule has 0 radical (unpaired) electrons. The number of amides is 3. The molecule has 2 saturated heterocycles. The van der Waals surface area contributed by atoms with Gasteiger partial charge in [-0.05, 0) is 71.0 Å². The SMILES string of the molecule is CCCC/C=C(\C)CN(CC1=CC=C(Cl)CC1)C(=O)NC1CCN(C(=O)C2CCNCC2)CC1. The lowest BCUT2D eigenvalue weighted by molar-refractivity contribution is -0.137. The molecule has 0 saturated carbocycles. The molecule has 0 aromatic heterocycles. The summed E-state index contributed by atoms with van der Waals surface area (Å²) in [7, 11) is 0. The predicted octanol–water partition coefficient (Wildman–Crippen LogP) is 4.97. The lowest BCUT2D eigenvalue weighted by Crippen LogP contribution is -2.52. The van der Waals surface area contributed by atoms with E-state index in [1.165, 1.54) is 24.0 Å². The first kappa shape index (κ1) is 26.8. The predicted molar refractivity (Wildman–Crippen MR) is 140 cm³/mol. The van der Waals surface area contributed by atoms with Crippen molar-refractivity contribution in [2.24, 2.45) is 5.92 Å². The molecule has 7 heteroatoms. The van der Waals surface area contributed by atoms with Gasteiger partial charge in [0.05, 0.1) is 0 Å². The number of carbonyl (C=O) groups is 2. The largest absolute Gasteiger partial charge is 0.342 e. The van der Waals surface area contributed by atoms with Crippen molar-refractivity contribution in [1.82, 2.24) is 20.4 Å². The third kappa shape index (κ3) is 8.46. The molecule has 2 fully saturated rings. The lowest BCUT2D eigenvalue weighted by atomic mass is 9.95. The van der Waals surface area contributed by atoms with Crippen molar-refractivity contribution < 1.29 is 9.59 Å². The molecule has 0 aromatic rings. The van der Waals surface area contributed by atoms with Gasteiger partial charge in [0, 0.05) is 43.2 Å². The summed E-state index contributed by atoms with van der Waals surface area (Å²) in [5.41, 5.74) is 2.47. The molecule has 0 aromatic carbocycles. The monoisotopic (exact) mass is 490 g/mol. The van der Waals surface area contributed by atoms with Gasteiger partial charge in [-0.1, -0.05) is 54.7 Å². The van der Waals surface area contributed by atoms with Gasteiger partial charge in [0.2, 0.25) is 5.91 Å². The van der Waals surface area contributed by atoms with E-state index in [1.54, 1.807) is 0 Å². The zero-order valence-electron chi connectivity index (χ0n) is 21.1. The third-order valence-electron chi connectivity index (χ3n) is 7.18. The molecule has 34 heavy (non-hydrogen) atoms. The number of rotatable bonds is 9. The van der Waals surface area contributed by atoms with Crippen molar-refractivity contribution >= 4 is 23.5 Å². The van der Waals surface area contributed by atoms with E-state index in [-0.39, 0.29) is 18.0 Å². The highest BCUT2D eigenvalue weighted by Crippen LogP contribution is 2.23. The van der Waals surface area contributed by atoms with Gasteiger partial charge < -0.3 is 20.4 Å². The van der Waals surface area contributed by atoms with Crippen LogP contribution >= 0.6 is 11.6 Å². The second-order valence-electron chi connectivity index (χ2n) is 10.1. The van der Waals surface area contributed by atoms with Crippen LogP contribution in [-0.2, 0) is 4.79 Å². The van der Waals surface area contributed by atoms with E-state index < -0.39 is 0 Å². The molecule has 0 unspecified atom stereocenters. The van der Waals surface area contributed by atoms with Gasteiger partial charge in [0.1, 0.15) is 0 Å². The van der Waals surface area contributed by atoms with Gasteiger partial charge in [0.25, 0.3) is 0 Å². The molecule has 2 heterocycles. The van der Waals surface area contributed by atoms with E-state index in [1.807, 2.05) is 15.9 Å². The van der Waals surface area contributed by atoms with Crippen LogP contribution < -0.4 is 10.6 Å². The summed E-state index contributed by atoms with van der Waals surface area (Å²) in [6.07, 6.45) is 14.9. The van der Waals surface area contributed by atoms with Crippen molar-refractivity contribution in [2.75, 3.05) is 39.3 Å². The van der Waals surface area contributed by atoms with E-state index in [0.29, 0.717) is 19.0 Å². The van der Waals surface area contributed by atoms with Crippen LogP contribution in [0.4, 0.5) is 4.79 Å². The van der Waals surface area contributed by atoms with Gasteiger partial charge in [-0.25, -0.2) is 4.79 Å². The summed E-state index contributed by atoms with van der Waals surface area (Å²) in [6, 6.07) is 0.110. The molecule has 3 amide bonds. The van der Waals surface area contributed by atoms with Crippen LogP contribution in [-0.4, -0.2) is 67.0 Å². The minimum Gasteiger partial charge on any atom is -0.342 e. The van der Waals surface area contributed by atoms with Crippen LogP contribution in [0.25, 0.3) is 0 Å². The van der Waals surface area contributed by atoms with Crippen LogP contribution in [0.15, 0.2) is 34.4 Å². The highest BCUT2D eigenvalue weighted by molar-refractivity contribution is 6.29. The average molecular weight is 491 g/mol. The molecular formula is C27H43ClN4O2. The number of allylic oxidation sites excluding steroid dienone is 4. The average Bonchev–Trinajstić information content (AvgIpc) is 2.85. The maximum absolute atomic E-state index is 13.3. The van der Waals surface area contributed by atoms with E-state index in [2.05, 4.69) is 36.6 Å². The molecule has 2 aliphatic heterocycles. The number of piperidine rings is 2. The number of hydrogen-bond acceptors (Lipinski definition) is 3. The first-order valence-electron chi connectivity index (χ1n) is 13.2. The van der Waals surface area contributed by atoms with Gasteiger partial charge in [-0.15, -0.1) is 0 Å². The Labute approximate surface area is 210 Å². The molecule has 6 nitrogen and oxygen atoms in total. The zero-order chi connectivity index (χ0) is 24.3. The summed E-state index contributed by atoms with van der Waals surface area (Å²) in [5.74, 6) is 0.466. The standard InChI is InChI=1S/C27H43ClN4O2/c1-3-4-5-6-21(2)19-32(20-22-7-9-24(28)10-8-22)27(34)30-25-13-17-31(18-14-25)26(33)23-11-15-29-16-12-23/h6-7,9,23,25,29H,3-5,8,10-20H2,1-2H3,(H,30,34)/b21-6+. The third-order valence-corrected chi connectivity index (χ3v) is 7.49. The van der Waals surface area contributed by atoms with Crippen LogP contribution in [0, 0.1) is 5.92 Å². The number of urea groups is 1. The fourth-order valence-corrected chi connectivity index (χ4v) is 5.14. The molecule has 1 aliphatic carbocycles. The second kappa shape index (κ2) is 13.9. The fourth-order valence-electron chi connectivity index (χ4n) is 4.99. The summed E-state index contributed by atoms with van der Waals surface area (Å²) in [5, 5.41) is 7.48. The van der Waals surface area contributed by atoms with Gasteiger partial charge in [-0.2, -0.15) is 0 Å². The number of hydrogen-bond donors (Lipinski definition) is 2. The minimum absolute atomic E-state index is 0.00655. The summed E-state index contributed by atoms with van der Waals surface area (Å²) in [6.45, 7) is 8.91. The number of nitrogens with zero attached hydrogens (tertiary/aromatic N) is 2. The number of carbonyl (C=O) groups excluding carboxylic acids is 2. The summed E-state index contributed by atoms with van der Waals surface area (Å²) in [4.78, 5) is 30.1. The Kier molecular flexibility index (Phi) is 11.0. The maximum atomic E-state index is 13.3. The van der Waals surface area contributed by atoms with E-state index in [0.717, 1.165) is 76.2 Å². The van der Waals surface area contributed by atoms with Crippen molar-refractivity contribution in [3.8, 4) is 0 Å². The first-order valence-corrected chi connectivity index (χ1v) is 13.6. The quantitative estimate of drug-likeness (QED) is 0.354. The molecule has 190 valence electrons. The Morgan fingerprint density at radius 1 is 1.18 bits per heavy atom. The highest BCUT2D eigenvalue weighted by atomic mass is 35.5. The Morgan fingerprint density at radius 3 is 2.56 bits per heavy atom. The van der Waals surface area contributed by atoms with Crippen LogP contribution in [0.5, 0.6) is 0 Å². The van der Waals surface area contributed by atoms with Gasteiger partial charge in [-0.3, -0.25) is 4.79 Å². The first-order chi connectivity index (χ1) is 16.5. The van der Waals surface area contributed by atoms with Gasteiger partial charge in [0.15, 0.2) is 0 Å². The van der Waals surface area contributed by atoms with E-state index >= 15 is 0 Å². The van der Waals surface area contributed by atoms with Crippen molar-refractivity contribution in [3.05, 3.63) is 34.4 Å². The minimum atomic E-state index is -0.00655. The second-order valence-corrected chi connectivity index (χ2v) is 10.5. The summed E-state index contributed by atoms with van der Waals surface area (Å²) >= 11 is 6.13. The Hall–Kier alpha value is -1.79. The van der Waals surface area contributed by atoms with Crippen molar-refractivity contribution in [1.29, 1.82) is 0 Å². The van der Waals surface area contributed by atoms with Crippen LogP contribution in [0.3, 0.4) is 0 Å². The molecule has 0 bridgehead atoms. The lowest BCUT2D eigenvalue weighted by Gasteiger charge is -2.36. The smallest absolute Gasteiger partial charge is 0.318 e. The molecule has 0 atom stereocenters. The van der Waals surface area contributed by atoms with Gasteiger partial charge >= 0.3 is 6.03 Å². The Morgan fingerprint density at radius 2 is 1.91 bits per heavy atom. The Bertz CT molecular complexity index is 777. The van der Waals surface area contributed by atoms with E-state index in [4.69, 9.17) is 11.6 Å². The topological polar surface area (TPSA) is 64.7 Å². The van der Waals surface area contributed by atoms with Crippen LogP contribution in [0.1, 0.15) is 71.6 Å².